The molecule has 0 saturated carbocycles. The molecule has 2 saturated heterocycles. The molecule has 0 spiro atoms. The Morgan fingerprint density at radius 3 is 1.87 bits per heavy atom. The fraction of sp³-hybridized carbons (Fsp3) is 0.706. The lowest BCUT2D eigenvalue weighted by Gasteiger charge is -2.33. The van der Waals surface area contributed by atoms with Crippen LogP contribution >= 0.6 is 0 Å². The number of ether oxygens (including phenoxy) is 1. The van der Waals surface area contributed by atoms with E-state index < -0.39 is 0 Å². The molecule has 2 aliphatic heterocycles. The summed E-state index contributed by atoms with van der Waals surface area (Å²) in [6, 6.07) is 0. The van der Waals surface area contributed by atoms with E-state index >= 15 is 0 Å². The van der Waals surface area contributed by atoms with Crippen molar-refractivity contribution < 1.29 is 9.53 Å². The minimum Gasteiger partial charge on any atom is -0.469 e. The van der Waals surface area contributed by atoms with Crippen LogP contribution in [-0.2, 0) is 16.0 Å². The number of aromatic nitrogens is 2. The van der Waals surface area contributed by atoms with Crippen LogP contribution in [0.2, 0.25) is 0 Å². The molecule has 0 amide bonds. The van der Waals surface area contributed by atoms with E-state index in [4.69, 9.17) is 4.74 Å². The first-order chi connectivity index (χ1) is 11.3. The van der Waals surface area contributed by atoms with Crippen LogP contribution in [0.1, 0.15) is 44.1 Å². The molecule has 3 heterocycles. The second-order valence-electron chi connectivity index (χ2n) is 6.35. The molecular weight excluding hydrogens is 292 g/mol. The fourth-order valence-electron chi connectivity index (χ4n) is 3.53. The van der Waals surface area contributed by atoms with Gasteiger partial charge in [0.15, 0.2) is 0 Å². The van der Waals surface area contributed by atoms with Gasteiger partial charge in [-0.2, -0.15) is 0 Å². The van der Waals surface area contributed by atoms with Gasteiger partial charge in [0.2, 0.25) is 0 Å². The van der Waals surface area contributed by atoms with Gasteiger partial charge in [-0.05, 0) is 38.5 Å². The van der Waals surface area contributed by atoms with Gasteiger partial charge >= 0.3 is 5.97 Å². The van der Waals surface area contributed by atoms with E-state index in [1.165, 1.54) is 45.6 Å². The normalized spacial score (nSPS) is 18.8. The third kappa shape index (κ3) is 3.74. The van der Waals surface area contributed by atoms with E-state index in [-0.39, 0.29) is 12.4 Å². The molecule has 2 aliphatic rings. The monoisotopic (exact) mass is 318 g/mol. The van der Waals surface area contributed by atoms with Crippen LogP contribution in [0.25, 0.3) is 0 Å². The van der Waals surface area contributed by atoms with Gasteiger partial charge in [0, 0.05) is 31.7 Å². The maximum absolute atomic E-state index is 11.9. The van der Waals surface area contributed by atoms with Gasteiger partial charge in [-0.25, -0.2) is 9.97 Å². The van der Waals surface area contributed by atoms with E-state index in [0.717, 1.165) is 43.4 Å². The van der Waals surface area contributed by atoms with Crippen molar-refractivity contribution >= 4 is 17.6 Å². The van der Waals surface area contributed by atoms with Crippen molar-refractivity contribution in [2.75, 3.05) is 43.1 Å². The number of anilines is 2. The zero-order valence-corrected chi connectivity index (χ0v) is 14.0. The third-order valence-corrected chi connectivity index (χ3v) is 4.76. The number of nitrogens with zero attached hydrogens (tertiary/aromatic N) is 4. The molecule has 23 heavy (non-hydrogen) atoms. The van der Waals surface area contributed by atoms with Crippen molar-refractivity contribution in [3.05, 3.63) is 11.9 Å². The standard InChI is InChI=1S/C17H26N4O2/c1-23-15(22)12-14-16(20-8-4-2-5-9-20)18-13-19-17(14)21-10-6-3-7-11-21/h13H,2-12H2,1H3. The zero-order chi connectivity index (χ0) is 16.1. The van der Waals surface area contributed by atoms with Crippen LogP contribution in [0.5, 0.6) is 0 Å². The number of methoxy groups -OCH3 is 1. The van der Waals surface area contributed by atoms with E-state index in [1.807, 2.05) is 0 Å². The van der Waals surface area contributed by atoms with Crippen LogP contribution in [0.3, 0.4) is 0 Å². The molecule has 0 N–H and O–H groups in total. The topological polar surface area (TPSA) is 58.6 Å². The Bertz CT molecular complexity index is 501. The van der Waals surface area contributed by atoms with Gasteiger partial charge in [-0.3, -0.25) is 4.79 Å². The molecule has 6 nitrogen and oxygen atoms in total. The molecule has 0 atom stereocenters. The third-order valence-electron chi connectivity index (χ3n) is 4.76. The summed E-state index contributed by atoms with van der Waals surface area (Å²) in [4.78, 5) is 25.6. The Hall–Kier alpha value is -1.85. The van der Waals surface area contributed by atoms with Crippen LogP contribution in [0.15, 0.2) is 6.33 Å². The highest BCUT2D eigenvalue weighted by Gasteiger charge is 2.24. The summed E-state index contributed by atoms with van der Waals surface area (Å²) >= 11 is 0. The van der Waals surface area contributed by atoms with Crippen molar-refractivity contribution in [3.63, 3.8) is 0 Å². The van der Waals surface area contributed by atoms with E-state index in [1.54, 1.807) is 6.33 Å². The average molecular weight is 318 g/mol. The molecule has 126 valence electrons. The van der Waals surface area contributed by atoms with Crippen LogP contribution < -0.4 is 9.80 Å². The highest BCUT2D eigenvalue weighted by atomic mass is 16.5. The molecule has 0 radical (unpaired) electrons. The Balaban J connectivity index is 1.94. The largest absolute Gasteiger partial charge is 0.469 e. The summed E-state index contributed by atoms with van der Waals surface area (Å²) < 4.78 is 4.91. The Morgan fingerprint density at radius 2 is 1.43 bits per heavy atom. The first kappa shape index (κ1) is 16.0. The summed E-state index contributed by atoms with van der Waals surface area (Å²) in [6.45, 7) is 4.02. The molecule has 0 bridgehead atoms. The second-order valence-corrected chi connectivity index (χ2v) is 6.35. The molecule has 1 aromatic rings. The smallest absolute Gasteiger partial charge is 0.310 e. The number of carbonyl (C=O) groups is 1. The second kappa shape index (κ2) is 7.62. The lowest BCUT2D eigenvalue weighted by atomic mass is 10.1. The molecule has 0 aliphatic carbocycles. The van der Waals surface area contributed by atoms with E-state index in [0.29, 0.717) is 0 Å². The van der Waals surface area contributed by atoms with Crippen LogP contribution in [0, 0.1) is 0 Å². The Morgan fingerprint density at radius 1 is 0.957 bits per heavy atom. The SMILES string of the molecule is COC(=O)Cc1c(N2CCCCC2)ncnc1N1CCCCC1. The number of rotatable bonds is 4. The quantitative estimate of drug-likeness (QED) is 0.793. The lowest BCUT2D eigenvalue weighted by Crippen LogP contribution is -2.35. The van der Waals surface area contributed by atoms with Gasteiger partial charge < -0.3 is 14.5 Å². The number of hydrogen-bond donors (Lipinski definition) is 0. The number of hydrogen-bond acceptors (Lipinski definition) is 6. The lowest BCUT2D eigenvalue weighted by molar-refractivity contribution is -0.139. The average Bonchev–Trinajstić information content (AvgIpc) is 2.63. The van der Waals surface area contributed by atoms with Crippen molar-refractivity contribution in [1.29, 1.82) is 0 Å². The highest BCUT2D eigenvalue weighted by molar-refractivity contribution is 5.78. The number of esters is 1. The van der Waals surface area contributed by atoms with Gasteiger partial charge in [-0.1, -0.05) is 0 Å². The number of carbonyl (C=O) groups excluding carboxylic acids is 1. The van der Waals surface area contributed by atoms with Crippen molar-refractivity contribution in [3.8, 4) is 0 Å². The van der Waals surface area contributed by atoms with E-state index in [9.17, 15) is 4.79 Å². The maximum atomic E-state index is 11.9. The van der Waals surface area contributed by atoms with Gasteiger partial charge in [0.25, 0.3) is 0 Å². The summed E-state index contributed by atoms with van der Waals surface area (Å²) in [5, 5.41) is 0. The molecule has 0 aromatic carbocycles. The van der Waals surface area contributed by atoms with Crippen molar-refractivity contribution in [2.45, 2.75) is 44.9 Å². The fourth-order valence-corrected chi connectivity index (χ4v) is 3.53. The summed E-state index contributed by atoms with van der Waals surface area (Å²) in [5.74, 6) is 1.62. The van der Waals surface area contributed by atoms with Gasteiger partial charge in [0.1, 0.15) is 18.0 Å². The highest BCUT2D eigenvalue weighted by Crippen LogP contribution is 2.30. The molecule has 0 unspecified atom stereocenters. The van der Waals surface area contributed by atoms with Crippen LogP contribution in [0.4, 0.5) is 11.6 Å². The predicted molar refractivity (Wildman–Crippen MR) is 89.9 cm³/mol. The summed E-state index contributed by atoms with van der Waals surface area (Å²) in [5.41, 5.74) is 0.933. The van der Waals surface area contributed by atoms with Gasteiger partial charge in [-0.15, -0.1) is 0 Å². The molecular formula is C17H26N4O2. The predicted octanol–water partition coefficient (Wildman–Crippen LogP) is 2.17. The van der Waals surface area contributed by atoms with Crippen LogP contribution in [-0.4, -0.2) is 49.2 Å². The molecule has 1 aromatic heterocycles. The Labute approximate surface area is 137 Å². The minimum absolute atomic E-state index is 0.226. The van der Waals surface area contributed by atoms with E-state index in [2.05, 4.69) is 19.8 Å². The number of piperidine rings is 2. The van der Waals surface area contributed by atoms with Crippen molar-refractivity contribution in [1.82, 2.24) is 9.97 Å². The first-order valence-corrected chi connectivity index (χ1v) is 8.70. The summed E-state index contributed by atoms with van der Waals surface area (Å²) in [7, 11) is 1.44. The maximum Gasteiger partial charge on any atom is 0.310 e. The van der Waals surface area contributed by atoms with Crippen molar-refractivity contribution in [2.24, 2.45) is 0 Å². The minimum atomic E-state index is -0.226. The van der Waals surface area contributed by atoms with Gasteiger partial charge in [0.05, 0.1) is 13.5 Å². The molecule has 6 heteroatoms. The first-order valence-electron chi connectivity index (χ1n) is 8.70. The molecule has 3 rings (SSSR count). The Kier molecular flexibility index (Phi) is 5.31. The molecule has 2 fully saturated rings. The summed E-state index contributed by atoms with van der Waals surface area (Å²) in [6.07, 6.45) is 9.16. The zero-order valence-electron chi connectivity index (χ0n) is 14.0.